The first-order valence-corrected chi connectivity index (χ1v) is 7.19. The molecule has 0 spiro atoms. The van der Waals surface area contributed by atoms with Crippen molar-refractivity contribution in [1.29, 1.82) is 0 Å². The van der Waals surface area contributed by atoms with Gasteiger partial charge < -0.3 is 19.9 Å². The zero-order chi connectivity index (χ0) is 15.7. The van der Waals surface area contributed by atoms with Crippen LogP contribution in [0.25, 0.3) is 0 Å². The van der Waals surface area contributed by atoms with Gasteiger partial charge in [0.1, 0.15) is 17.8 Å². The molecule has 1 aromatic rings. The van der Waals surface area contributed by atoms with Gasteiger partial charge in [-0.1, -0.05) is 18.2 Å². The molecule has 7 nitrogen and oxygen atoms in total. The fourth-order valence-corrected chi connectivity index (χ4v) is 2.71. The van der Waals surface area contributed by atoms with Gasteiger partial charge in [-0.15, -0.1) is 0 Å². The van der Waals surface area contributed by atoms with Crippen molar-refractivity contribution in [2.45, 2.75) is 19.0 Å². The molecule has 2 heterocycles. The highest BCUT2D eigenvalue weighted by Crippen LogP contribution is 2.18. The van der Waals surface area contributed by atoms with Crippen molar-refractivity contribution in [2.24, 2.45) is 0 Å². The van der Waals surface area contributed by atoms with E-state index >= 15 is 0 Å². The van der Waals surface area contributed by atoms with Crippen LogP contribution in [0.4, 0.5) is 4.79 Å². The van der Waals surface area contributed by atoms with Crippen LogP contribution < -0.4 is 10.1 Å². The number of fused-ring (bicyclic) bond motifs is 1. The summed E-state index contributed by atoms with van der Waals surface area (Å²) in [6, 6.07) is 7.60. The first-order chi connectivity index (χ1) is 10.6. The van der Waals surface area contributed by atoms with Gasteiger partial charge in [-0.25, -0.2) is 4.79 Å². The van der Waals surface area contributed by atoms with Gasteiger partial charge >= 0.3 is 6.09 Å². The van der Waals surface area contributed by atoms with Crippen molar-refractivity contribution in [3.63, 3.8) is 0 Å². The van der Waals surface area contributed by atoms with Gasteiger partial charge in [-0.3, -0.25) is 9.59 Å². The number of hydrogen-bond donors (Lipinski definition) is 1. The maximum atomic E-state index is 12.2. The fourth-order valence-electron chi connectivity index (χ4n) is 2.71. The summed E-state index contributed by atoms with van der Waals surface area (Å²) in [5.74, 6) is 0.109. The number of para-hydroxylation sites is 1. The number of carbonyl (C=O) groups excluding carboxylic acids is 3. The topological polar surface area (TPSA) is 79.0 Å². The van der Waals surface area contributed by atoms with Gasteiger partial charge in [0.2, 0.25) is 11.8 Å². The lowest BCUT2D eigenvalue weighted by molar-refractivity contribution is -0.151. The standard InChI is InChI=1S/C15H17N3O4/c1-10-14(20)18-8-7-17(9-12(18)13(19)16-10)15(21)22-11-5-3-2-4-6-11/h2-6,10,12H,7-9H2,1H3,(H,16,19)/t10-,12-/m1/s1. The SMILES string of the molecule is C[C@H]1NC(=O)[C@H]2CN(C(=O)Oc3ccccc3)CCN2C1=O. The predicted molar refractivity (Wildman–Crippen MR) is 77.1 cm³/mol. The molecule has 7 heteroatoms. The fraction of sp³-hybridized carbons (Fsp3) is 0.400. The zero-order valence-corrected chi connectivity index (χ0v) is 12.2. The first kappa shape index (κ1) is 14.4. The predicted octanol–water partition coefficient (Wildman–Crippen LogP) is 0.216. The van der Waals surface area contributed by atoms with Crippen molar-refractivity contribution < 1.29 is 19.1 Å². The molecule has 0 bridgehead atoms. The number of benzene rings is 1. The van der Waals surface area contributed by atoms with Crippen LogP contribution in [0.5, 0.6) is 5.75 Å². The molecular weight excluding hydrogens is 286 g/mol. The third-order valence-electron chi connectivity index (χ3n) is 3.90. The lowest BCUT2D eigenvalue weighted by atomic mass is 10.1. The number of amides is 3. The average Bonchev–Trinajstić information content (AvgIpc) is 2.53. The Balaban J connectivity index is 1.67. The summed E-state index contributed by atoms with van der Waals surface area (Å²) in [6.07, 6.45) is -0.510. The molecule has 0 aromatic heterocycles. The van der Waals surface area contributed by atoms with Crippen LogP contribution in [-0.4, -0.2) is 59.4 Å². The molecule has 2 fully saturated rings. The summed E-state index contributed by atoms with van der Waals surface area (Å²) in [5, 5.41) is 2.63. The zero-order valence-electron chi connectivity index (χ0n) is 12.2. The monoisotopic (exact) mass is 303 g/mol. The second kappa shape index (κ2) is 5.67. The highest BCUT2D eigenvalue weighted by Gasteiger charge is 2.43. The molecule has 0 radical (unpaired) electrons. The maximum Gasteiger partial charge on any atom is 0.415 e. The normalized spacial score (nSPS) is 24.6. The Morgan fingerprint density at radius 2 is 1.95 bits per heavy atom. The van der Waals surface area contributed by atoms with Gasteiger partial charge in [-0.05, 0) is 19.1 Å². The van der Waals surface area contributed by atoms with Crippen LogP contribution in [0.1, 0.15) is 6.92 Å². The molecule has 116 valence electrons. The minimum Gasteiger partial charge on any atom is -0.410 e. The Morgan fingerprint density at radius 3 is 2.68 bits per heavy atom. The second-order valence-electron chi connectivity index (χ2n) is 5.40. The summed E-state index contributed by atoms with van der Waals surface area (Å²) in [4.78, 5) is 39.2. The van der Waals surface area contributed by atoms with Crippen molar-refractivity contribution in [2.75, 3.05) is 19.6 Å². The van der Waals surface area contributed by atoms with Gasteiger partial charge in [0.05, 0.1) is 6.54 Å². The first-order valence-electron chi connectivity index (χ1n) is 7.19. The maximum absolute atomic E-state index is 12.2. The highest BCUT2D eigenvalue weighted by molar-refractivity contribution is 5.97. The Labute approximate surface area is 127 Å². The number of ether oxygens (including phenoxy) is 1. The summed E-state index contributed by atoms with van der Waals surface area (Å²) in [7, 11) is 0. The van der Waals surface area contributed by atoms with E-state index in [1.807, 2.05) is 6.07 Å². The smallest absolute Gasteiger partial charge is 0.410 e. The van der Waals surface area contributed by atoms with E-state index in [1.165, 1.54) is 9.80 Å². The second-order valence-corrected chi connectivity index (χ2v) is 5.40. The van der Waals surface area contributed by atoms with E-state index in [-0.39, 0.29) is 18.4 Å². The average molecular weight is 303 g/mol. The third-order valence-corrected chi connectivity index (χ3v) is 3.90. The van der Waals surface area contributed by atoms with Gasteiger partial charge in [0, 0.05) is 13.1 Å². The van der Waals surface area contributed by atoms with Crippen molar-refractivity contribution in [1.82, 2.24) is 15.1 Å². The molecule has 0 unspecified atom stereocenters. The van der Waals surface area contributed by atoms with E-state index in [4.69, 9.17) is 4.74 Å². The molecule has 1 aromatic carbocycles. The molecular formula is C15H17N3O4. The van der Waals surface area contributed by atoms with Crippen LogP contribution >= 0.6 is 0 Å². The van der Waals surface area contributed by atoms with Crippen LogP contribution in [0.2, 0.25) is 0 Å². The molecule has 2 atom stereocenters. The van der Waals surface area contributed by atoms with E-state index in [2.05, 4.69) is 5.32 Å². The Bertz CT molecular complexity index is 604. The van der Waals surface area contributed by atoms with E-state index in [0.717, 1.165) is 0 Å². The van der Waals surface area contributed by atoms with E-state index in [9.17, 15) is 14.4 Å². The molecule has 0 saturated carbocycles. The van der Waals surface area contributed by atoms with Gasteiger partial charge in [0.25, 0.3) is 0 Å². The molecule has 2 aliphatic rings. The van der Waals surface area contributed by atoms with Crippen LogP contribution in [0, 0.1) is 0 Å². The lowest BCUT2D eigenvalue weighted by Crippen LogP contribution is -2.69. The molecule has 22 heavy (non-hydrogen) atoms. The van der Waals surface area contributed by atoms with Crippen molar-refractivity contribution in [3.05, 3.63) is 30.3 Å². The minimum absolute atomic E-state index is 0.110. The van der Waals surface area contributed by atoms with Gasteiger partial charge in [-0.2, -0.15) is 0 Å². The van der Waals surface area contributed by atoms with E-state index in [1.54, 1.807) is 31.2 Å². The summed E-state index contributed by atoms with van der Waals surface area (Å²) in [6.45, 7) is 2.50. The Morgan fingerprint density at radius 1 is 1.23 bits per heavy atom. The lowest BCUT2D eigenvalue weighted by Gasteiger charge is -2.44. The molecule has 0 aliphatic carbocycles. The summed E-state index contributed by atoms with van der Waals surface area (Å²) < 4.78 is 5.27. The molecule has 3 rings (SSSR count). The Hall–Kier alpha value is -2.57. The van der Waals surface area contributed by atoms with E-state index in [0.29, 0.717) is 18.8 Å². The summed E-state index contributed by atoms with van der Waals surface area (Å²) in [5.41, 5.74) is 0. The quantitative estimate of drug-likeness (QED) is 0.805. The summed E-state index contributed by atoms with van der Waals surface area (Å²) >= 11 is 0. The van der Waals surface area contributed by atoms with Crippen LogP contribution in [0.3, 0.4) is 0 Å². The largest absolute Gasteiger partial charge is 0.415 e. The Kier molecular flexibility index (Phi) is 3.70. The number of rotatable bonds is 1. The number of nitrogens with zero attached hydrogens (tertiary/aromatic N) is 2. The number of carbonyl (C=O) groups is 3. The number of hydrogen-bond acceptors (Lipinski definition) is 4. The highest BCUT2D eigenvalue weighted by atomic mass is 16.6. The molecule has 2 aliphatic heterocycles. The minimum atomic E-state index is -0.638. The molecule has 2 saturated heterocycles. The molecule has 3 amide bonds. The van der Waals surface area contributed by atoms with Crippen molar-refractivity contribution in [3.8, 4) is 5.75 Å². The molecule has 1 N–H and O–H groups in total. The van der Waals surface area contributed by atoms with Crippen LogP contribution in [0.15, 0.2) is 30.3 Å². The number of piperazine rings is 2. The van der Waals surface area contributed by atoms with Crippen LogP contribution in [-0.2, 0) is 9.59 Å². The van der Waals surface area contributed by atoms with Crippen molar-refractivity contribution >= 4 is 17.9 Å². The van der Waals surface area contributed by atoms with E-state index < -0.39 is 18.2 Å². The van der Waals surface area contributed by atoms with Gasteiger partial charge in [0.15, 0.2) is 0 Å². The number of nitrogens with one attached hydrogen (secondary N) is 1. The third kappa shape index (κ3) is 2.61.